The molecule has 4 amide bonds. The van der Waals surface area contributed by atoms with Gasteiger partial charge in [0.2, 0.25) is 23.6 Å². The number of likely N-dealkylation sites (N-methyl/N-ethyl adjacent to an activating group) is 1. The molecule has 0 aromatic heterocycles. The van der Waals surface area contributed by atoms with Crippen molar-refractivity contribution in [2.75, 3.05) is 20.1 Å². The Balaban J connectivity index is 1.75. The topological polar surface area (TPSA) is 102 Å². The van der Waals surface area contributed by atoms with Crippen molar-refractivity contribution in [1.82, 2.24) is 25.3 Å². The predicted molar refractivity (Wildman–Crippen MR) is 180 cm³/mol. The van der Waals surface area contributed by atoms with Crippen LogP contribution in [0.3, 0.4) is 0 Å². The van der Waals surface area contributed by atoms with Crippen molar-refractivity contribution in [1.29, 1.82) is 0 Å². The lowest BCUT2D eigenvalue weighted by Gasteiger charge is -2.41. The lowest BCUT2D eigenvalue weighted by molar-refractivity contribution is -0.142. The van der Waals surface area contributed by atoms with Gasteiger partial charge in [-0.3, -0.25) is 24.1 Å². The van der Waals surface area contributed by atoms with Gasteiger partial charge in [-0.25, -0.2) is 0 Å². The molecule has 4 atom stereocenters. The first-order valence-corrected chi connectivity index (χ1v) is 17.8. The molecule has 1 saturated carbocycles. The zero-order valence-corrected chi connectivity index (χ0v) is 29.8. The molecule has 0 spiro atoms. The summed E-state index contributed by atoms with van der Waals surface area (Å²) in [5, 5.41) is 6.40. The molecular formula is C36H63N5O4. The highest BCUT2D eigenvalue weighted by molar-refractivity contribution is 5.97. The van der Waals surface area contributed by atoms with Crippen LogP contribution in [0.15, 0.2) is 11.6 Å². The third-order valence-corrected chi connectivity index (χ3v) is 10.2. The maximum atomic E-state index is 14.2. The molecule has 2 N–H and O–H groups in total. The summed E-state index contributed by atoms with van der Waals surface area (Å²) in [5.74, 6) is -0.409. The molecule has 9 nitrogen and oxygen atoms in total. The van der Waals surface area contributed by atoms with E-state index in [1.165, 1.54) is 12.8 Å². The van der Waals surface area contributed by atoms with Crippen molar-refractivity contribution in [2.24, 2.45) is 11.3 Å². The van der Waals surface area contributed by atoms with Crippen LogP contribution in [0.2, 0.25) is 0 Å². The summed E-state index contributed by atoms with van der Waals surface area (Å²) in [7, 11) is 1.77. The first-order valence-electron chi connectivity index (χ1n) is 17.8. The molecule has 3 rings (SSSR count). The number of likely N-dealkylation sites (tertiary alicyclic amines) is 2. The number of nitrogens with one attached hydrogen (secondary N) is 2. The quantitative estimate of drug-likeness (QED) is 0.261. The molecule has 2 aliphatic heterocycles. The summed E-state index contributed by atoms with van der Waals surface area (Å²) in [4.78, 5) is 60.5. The number of nitrogens with zero attached hydrogens (tertiary/aromatic N) is 3. The fourth-order valence-corrected chi connectivity index (χ4v) is 7.40. The molecule has 3 aliphatic rings. The number of hydrogen-bond donors (Lipinski definition) is 2. The predicted octanol–water partition coefficient (Wildman–Crippen LogP) is 5.04. The second kappa shape index (κ2) is 16.4. The fourth-order valence-electron chi connectivity index (χ4n) is 7.40. The second-order valence-corrected chi connectivity index (χ2v) is 15.5. The minimum absolute atomic E-state index is 0.0284. The Bertz CT molecular complexity index is 1060. The van der Waals surface area contributed by atoms with Gasteiger partial charge in [-0.15, -0.1) is 0 Å². The van der Waals surface area contributed by atoms with Crippen molar-refractivity contribution >= 4 is 23.6 Å². The molecule has 2 saturated heterocycles. The van der Waals surface area contributed by atoms with E-state index in [-0.39, 0.29) is 53.7 Å². The summed E-state index contributed by atoms with van der Waals surface area (Å²) in [6, 6.07) is -1.32. The average Bonchev–Trinajstić information content (AvgIpc) is 3.34. The van der Waals surface area contributed by atoms with Gasteiger partial charge in [0, 0.05) is 31.2 Å². The van der Waals surface area contributed by atoms with E-state index in [0.29, 0.717) is 18.5 Å². The molecule has 2 heterocycles. The molecule has 256 valence electrons. The largest absolute Gasteiger partial charge is 0.352 e. The highest BCUT2D eigenvalue weighted by atomic mass is 16.2. The number of carbonyl (C=O) groups is 4. The van der Waals surface area contributed by atoms with Crippen LogP contribution in [0.5, 0.6) is 0 Å². The maximum Gasteiger partial charge on any atom is 0.249 e. The molecule has 1 unspecified atom stereocenters. The normalized spacial score (nSPS) is 23.9. The lowest BCUT2D eigenvalue weighted by atomic mass is 9.84. The van der Waals surface area contributed by atoms with E-state index < -0.39 is 17.5 Å². The molecule has 1 aliphatic carbocycles. The number of amides is 4. The number of carbonyl (C=O) groups excluding carboxylic acids is 4. The molecular weight excluding hydrogens is 566 g/mol. The van der Waals surface area contributed by atoms with E-state index in [2.05, 4.69) is 29.4 Å². The number of rotatable bonds is 10. The van der Waals surface area contributed by atoms with Gasteiger partial charge in [-0.2, -0.15) is 0 Å². The molecule has 0 bridgehead atoms. The van der Waals surface area contributed by atoms with Gasteiger partial charge in [0.1, 0.15) is 12.1 Å². The van der Waals surface area contributed by atoms with Crippen LogP contribution in [-0.2, 0) is 19.2 Å². The van der Waals surface area contributed by atoms with Crippen LogP contribution in [0.4, 0.5) is 0 Å². The maximum absolute atomic E-state index is 14.2. The average molecular weight is 630 g/mol. The monoisotopic (exact) mass is 629 g/mol. The van der Waals surface area contributed by atoms with Gasteiger partial charge in [-0.05, 0) is 77.2 Å². The van der Waals surface area contributed by atoms with E-state index in [0.717, 1.165) is 57.9 Å². The van der Waals surface area contributed by atoms with E-state index >= 15 is 0 Å². The smallest absolute Gasteiger partial charge is 0.249 e. The van der Waals surface area contributed by atoms with Crippen molar-refractivity contribution in [3.63, 3.8) is 0 Å². The van der Waals surface area contributed by atoms with Gasteiger partial charge >= 0.3 is 0 Å². The summed E-state index contributed by atoms with van der Waals surface area (Å²) >= 11 is 0. The zero-order valence-electron chi connectivity index (χ0n) is 29.8. The Kier molecular flexibility index (Phi) is 13.5. The summed E-state index contributed by atoms with van der Waals surface area (Å²) < 4.78 is 0. The van der Waals surface area contributed by atoms with Crippen molar-refractivity contribution in [3.8, 4) is 0 Å². The summed E-state index contributed by atoms with van der Waals surface area (Å²) in [6.07, 6.45) is 13.0. The lowest BCUT2D eigenvalue weighted by Crippen LogP contribution is -2.60. The molecule has 0 aromatic rings. The fraction of sp³-hybridized carbons (Fsp3) is 0.833. The number of piperidine rings is 1. The highest BCUT2D eigenvalue weighted by Gasteiger charge is 2.40. The zero-order chi connectivity index (χ0) is 33.5. The van der Waals surface area contributed by atoms with Crippen LogP contribution in [-0.4, -0.2) is 94.7 Å². The van der Waals surface area contributed by atoms with Crippen molar-refractivity contribution < 1.29 is 19.2 Å². The standard InChI is InChI=1S/C36H63N5O4/c1-24(2)30(23-26(5)34(44)41-22-16-20-29(41)32(42)37-27-17-12-10-11-13-18-27)39(9)35(45)31(36(6,7)8)38-33(43)28-19-14-15-21-40(28)25(3)4/h23-25,27-31H,10-22H2,1-9H3,(H,37,42)(H,38,43)/t28?,29-,30+,31+/m0/s1. The Morgan fingerprint density at radius 3 is 1.98 bits per heavy atom. The first-order chi connectivity index (χ1) is 21.1. The second-order valence-electron chi connectivity index (χ2n) is 15.5. The van der Waals surface area contributed by atoms with Crippen molar-refractivity contribution in [3.05, 3.63) is 11.6 Å². The molecule has 3 fully saturated rings. The molecule has 45 heavy (non-hydrogen) atoms. The van der Waals surface area contributed by atoms with Crippen LogP contribution in [0, 0.1) is 11.3 Å². The van der Waals surface area contributed by atoms with Gasteiger partial charge in [0.15, 0.2) is 0 Å². The Morgan fingerprint density at radius 2 is 1.40 bits per heavy atom. The first kappa shape index (κ1) is 37.0. The van der Waals surface area contributed by atoms with Gasteiger partial charge < -0.3 is 20.4 Å². The molecule has 0 aromatic carbocycles. The third kappa shape index (κ3) is 9.79. The highest BCUT2D eigenvalue weighted by Crippen LogP contribution is 2.27. The Labute approximate surface area is 273 Å². The van der Waals surface area contributed by atoms with Crippen LogP contribution < -0.4 is 10.6 Å². The molecule has 9 heteroatoms. The third-order valence-electron chi connectivity index (χ3n) is 10.2. The minimum Gasteiger partial charge on any atom is -0.352 e. The van der Waals surface area contributed by atoms with E-state index in [4.69, 9.17) is 0 Å². The van der Waals surface area contributed by atoms with Crippen LogP contribution >= 0.6 is 0 Å². The van der Waals surface area contributed by atoms with Crippen molar-refractivity contribution in [2.45, 2.75) is 162 Å². The van der Waals surface area contributed by atoms with E-state index in [9.17, 15) is 19.2 Å². The minimum atomic E-state index is -0.716. The Morgan fingerprint density at radius 1 is 0.800 bits per heavy atom. The van der Waals surface area contributed by atoms with E-state index in [1.807, 2.05) is 40.7 Å². The van der Waals surface area contributed by atoms with Gasteiger partial charge in [0.25, 0.3) is 0 Å². The SMILES string of the molecule is CC(=C[C@H](C(C)C)N(C)C(=O)[C@@H](NC(=O)C1CCCCN1C(C)C)C(C)(C)C)C(=O)N1CCC[C@H]1C(=O)NC1CCCCCC1. The van der Waals surface area contributed by atoms with Crippen LogP contribution in [0.25, 0.3) is 0 Å². The van der Waals surface area contributed by atoms with Crippen LogP contribution in [0.1, 0.15) is 126 Å². The summed E-state index contributed by atoms with van der Waals surface area (Å²) in [5.41, 5.74) is 0.0238. The number of hydrogen-bond acceptors (Lipinski definition) is 5. The molecule has 0 radical (unpaired) electrons. The van der Waals surface area contributed by atoms with Gasteiger partial charge in [0.05, 0.1) is 12.1 Å². The Hall–Kier alpha value is -2.42. The summed E-state index contributed by atoms with van der Waals surface area (Å²) in [6.45, 7) is 17.5. The van der Waals surface area contributed by atoms with Gasteiger partial charge in [-0.1, -0.05) is 72.8 Å². The van der Waals surface area contributed by atoms with E-state index in [1.54, 1.807) is 23.8 Å².